The average molecular weight is 545 g/mol. The summed E-state index contributed by atoms with van der Waals surface area (Å²) in [6, 6.07) is 13.7. The molecule has 38 heavy (non-hydrogen) atoms. The molecule has 3 aromatic heterocycles. The van der Waals surface area contributed by atoms with Crippen LogP contribution in [0.25, 0.3) is 28.0 Å². The second-order valence-corrected chi connectivity index (χ2v) is 11.1. The van der Waals surface area contributed by atoms with Crippen molar-refractivity contribution in [3.63, 3.8) is 0 Å². The molecular weight excluding hydrogens is 521 g/mol. The first-order valence-electron chi connectivity index (χ1n) is 12.0. The fourth-order valence-corrected chi connectivity index (χ4v) is 6.59. The summed E-state index contributed by atoms with van der Waals surface area (Å²) in [5, 5.41) is 3.57. The smallest absolute Gasteiger partial charge is 0.347 e. The number of aromatic nitrogens is 4. The lowest BCUT2D eigenvalue weighted by atomic mass is 9.92. The van der Waals surface area contributed by atoms with Gasteiger partial charge in [0.2, 0.25) is 0 Å². The van der Waals surface area contributed by atoms with Crippen molar-refractivity contribution < 1.29 is 31.1 Å². The SMILES string of the molecule is Cn1nc(C(F)(F)F)cc1-c1ccc2c(cc(C3=CCC4(CC3)OCCO4)n2S(=O)(=O)c2ccccc2)n1. The van der Waals surface area contributed by atoms with Crippen LogP contribution in [0.2, 0.25) is 0 Å². The Labute approximate surface area is 216 Å². The summed E-state index contributed by atoms with van der Waals surface area (Å²) in [6.45, 7) is 1.03. The summed E-state index contributed by atoms with van der Waals surface area (Å²) in [7, 11) is -2.62. The molecule has 1 fully saturated rings. The molecule has 198 valence electrons. The maximum absolute atomic E-state index is 13.9. The zero-order valence-electron chi connectivity index (χ0n) is 20.3. The number of fused-ring (bicyclic) bond motifs is 1. The monoisotopic (exact) mass is 544 g/mol. The van der Waals surface area contributed by atoms with Crippen LogP contribution >= 0.6 is 0 Å². The number of hydrogen-bond acceptors (Lipinski definition) is 6. The topological polar surface area (TPSA) is 88.2 Å². The average Bonchev–Trinajstić information content (AvgIpc) is 3.62. The fourth-order valence-electron chi connectivity index (χ4n) is 5.03. The van der Waals surface area contributed by atoms with Gasteiger partial charge in [-0.25, -0.2) is 17.4 Å². The molecule has 0 radical (unpaired) electrons. The summed E-state index contributed by atoms with van der Waals surface area (Å²) in [5.74, 6) is -0.681. The second-order valence-electron chi connectivity index (χ2n) is 9.29. The van der Waals surface area contributed by atoms with Crippen molar-refractivity contribution in [1.29, 1.82) is 0 Å². The third kappa shape index (κ3) is 4.12. The van der Waals surface area contributed by atoms with Crippen LogP contribution in [0.4, 0.5) is 13.2 Å². The van der Waals surface area contributed by atoms with Gasteiger partial charge in [0.1, 0.15) is 0 Å². The van der Waals surface area contributed by atoms with Gasteiger partial charge in [-0.3, -0.25) is 4.68 Å². The van der Waals surface area contributed by atoms with Gasteiger partial charge < -0.3 is 9.47 Å². The van der Waals surface area contributed by atoms with E-state index in [0.717, 1.165) is 16.3 Å². The maximum atomic E-state index is 13.9. The molecule has 1 aromatic carbocycles. The first-order valence-corrected chi connectivity index (χ1v) is 13.4. The van der Waals surface area contributed by atoms with Crippen molar-refractivity contribution in [3.05, 3.63) is 72.1 Å². The number of halogens is 3. The lowest BCUT2D eigenvalue weighted by Crippen LogP contribution is -2.31. The van der Waals surface area contributed by atoms with Crippen molar-refractivity contribution in [1.82, 2.24) is 18.7 Å². The molecular formula is C26H23F3N4O4S. The van der Waals surface area contributed by atoms with Crippen molar-refractivity contribution in [2.45, 2.75) is 36.1 Å². The lowest BCUT2D eigenvalue weighted by molar-refractivity contribution is -0.159. The molecule has 0 N–H and O–H groups in total. The first-order chi connectivity index (χ1) is 18.1. The van der Waals surface area contributed by atoms with E-state index in [-0.39, 0.29) is 16.3 Å². The Bertz CT molecular complexity index is 1670. The molecule has 6 rings (SSSR count). The van der Waals surface area contributed by atoms with Crippen molar-refractivity contribution in [2.75, 3.05) is 13.2 Å². The van der Waals surface area contributed by atoms with Crippen LogP contribution < -0.4 is 0 Å². The minimum absolute atomic E-state index is 0.111. The van der Waals surface area contributed by atoms with Crippen LogP contribution in [0, 0.1) is 0 Å². The van der Waals surface area contributed by atoms with Gasteiger partial charge in [0.25, 0.3) is 10.0 Å². The van der Waals surface area contributed by atoms with E-state index in [4.69, 9.17) is 9.47 Å². The molecule has 4 aromatic rings. The van der Waals surface area contributed by atoms with Crippen molar-refractivity contribution >= 4 is 26.6 Å². The Morgan fingerprint density at radius 3 is 2.37 bits per heavy atom. The Kier molecular flexibility index (Phi) is 5.74. The largest absolute Gasteiger partial charge is 0.435 e. The molecule has 1 aliphatic heterocycles. The third-order valence-corrected chi connectivity index (χ3v) is 8.65. The van der Waals surface area contributed by atoms with E-state index in [9.17, 15) is 21.6 Å². The molecule has 8 nitrogen and oxygen atoms in total. The normalized spacial score (nSPS) is 17.8. The van der Waals surface area contributed by atoms with Crippen LogP contribution in [-0.2, 0) is 32.7 Å². The summed E-state index contributed by atoms with van der Waals surface area (Å²) in [6.07, 6.45) is -1.11. The van der Waals surface area contributed by atoms with E-state index in [1.54, 1.807) is 30.3 Å². The first kappa shape index (κ1) is 24.8. The molecule has 1 aliphatic carbocycles. The van der Waals surface area contributed by atoms with E-state index >= 15 is 0 Å². The Hall–Kier alpha value is -3.48. The Balaban J connectivity index is 1.51. The third-order valence-electron chi connectivity index (χ3n) is 6.90. The minimum atomic E-state index is -4.60. The lowest BCUT2D eigenvalue weighted by Gasteiger charge is -2.30. The number of alkyl halides is 3. The molecule has 0 unspecified atom stereocenters. The van der Waals surface area contributed by atoms with Gasteiger partial charge >= 0.3 is 6.18 Å². The molecule has 12 heteroatoms. The highest BCUT2D eigenvalue weighted by atomic mass is 32.2. The van der Waals surface area contributed by atoms with E-state index in [1.165, 1.54) is 29.2 Å². The summed E-state index contributed by atoms with van der Waals surface area (Å²) in [4.78, 5) is 4.68. The summed E-state index contributed by atoms with van der Waals surface area (Å²) < 4.78 is 81.4. The van der Waals surface area contributed by atoms with Gasteiger partial charge in [0.05, 0.1) is 46.2 Å². The van der Waals surface area contributed by atoms with E-state index in [2.05, 4.69) is 10.1 Å². The number of hydrogen-bond donors (Lipinski definition) is 0. The van der Waals surface area contributed by atoms with Gasteiger partial charge in [-0.15, -0.1) is 0 Å². The number of aryl methyl sites for hydroxylation is 1. The van der Waals surface area contributed by atoms with Crippen LogP contribution in [-0.4, -0.2) is 46.2 Å². The van der Waals surface area contributed by atoms with Crippen molar-refractivity contribution in [3.8, 4) is 11.4 Å². The van der Waals surface area contributed by atoms with E-state index in [0.29, 0.717) is 49.2 Å². The van der Waals surface area contributed by atoms with Gasteiger partial charge in [0.15, 0.2) is 11.5 Å². The molecule has 1 spiro atoms. The van der Waals surface area contributed by atoms with Gasteiger partial charge in [0, 0.05) is 19.9 Å². The number of benzene rings is 1. The molecule has 0 atom stereocenters. The number of nitrogens with zero attached hydrogens (tertiary/aromatic N) is 4. The minimum Gasteiger partial charge on any atom is -0.347 e. The maximum Gasteiger partial charge on any atom is 0.435 e. The summed E-state index contributed by atoms with van der Waals surface area (Å²) >= 11 is 0. The fraction of sp³-hybridized carbons (Fsp3) is 0.308. The molecule has 4 heterocycles. The van der Waals surface area contributed by atoms with E-state index < -0.39 is 27.7 Å². The number of ether oxygens (including phenoxy) is 2. The van der Waals surface area contributed by atoms with Crippen LogP contribution in [0.3, 0.4) is 0 Å². The number of pyridine rings is 1. The van der Waals surface area contributed by atoms with Crippen molar-refractivity contribution in [2.24, 2.45) is 7.05 Å². The van der Waals surface area contributed by atoms with Crippen LogP contribution in [0.15, 0.2) is 65.6 Å². The quantitative estimate of drug-likeness (QED) is 0.359. The predicted molar refractivity (Wildman–Crippen MR) is 132 cm³/mol. The van der Waals surface area contributed by atoms with Gasteiger partial charge in [-0.05, 0) is 48.4 Å². The Morgan fingerprint density at radius 2 is 1.74 bits per heavy atom. The highest BCUT2D eigenvalue weighted by Crippen LogP contribution is 2.40. The van der Waals surface area contributed by atoms with Crippen LogP contribution in [0.1, 0.15) is 30.7 Å². The van der Waals surface area contributed by atoms with Gasteiger partial charge in [-0.2, -0.15) is 18.3 Å². The van der Waals surface area contributed by atoms with Gasteiger partial charge in [-0.1, -0.05) is 24.3 Å². The Morgan fingerprint density at radius 1 is 1.00 bits per heavy atom. The predicted octanol–water partition coefficient (Wildman–Crippen LogP) is 5.00. The molecule has 0 bridgehead atoms. The zero-order valence-corrected chi connectivity index (χ0v) is 21.1. The summed E-state index contributed by atoms with van der Waals surface area (Å²) in [5.41, 5.74) is 1.28. The molecule has 2 aliphatic rings. The number of rotatable bonds is 4. The molecule has 1 saturated heterocycles. The van der Waals surface area contributed by atoms with E-state index in [1.807, 2.05) is 6.08 Å². The second kappa shape index (κ2) is 8.79. The highest BCUT2D eigenvalue weighted by Gasteiger charge is 2.39. The zero-order chi connectivity index (χ0) is 26.7. The van der Waals surface area contributed by atoms with Crippen LogP contribution in [0.5, 0.6) is 0 Å². The molecule has 0 amide bonds. The molecule has 0 saturated carbocycles. The standard InChI is InChI=1S/C26H23F3N4O4S/c1-32-23(16-24(31-32)26(27,28)29)19-7-8-21-20(30-19)15-22(17-9-11-25(12-10-17)36-13-14-37-25)33(21)38(34,35)18-5-3-2-4-6-18/h2-9,15-16H,10-14H2,1H3. The highest BCUT2D eigenvalue weighted by molar-refractivity contribution is 7.90. The number of allylic oxidation sites excluding steroid dienone is 1.